The van der Waals surface area contributed by atoms with Crippen LogP contribution in [0.5, 0.6) is 0 Å². The molecule has 15 heavy (non-hydrogen) atoms. The molecule has 0 aliphatic carbocycles. The Hall–Kier alpha value is -1.05. The molecule has 86 valence electrons. The van der Waals surface area contributed by atoms with Crippen LogP contribution in [0.3, 0.4) is 0 Å². The van der Waals surface area contributed by atoms with Crippen molar-refractivity contribution in [3.8, 4) is 0 Å². The van der Waals surface area contributed by atoms with Crippen molar-refractivity contribution in [3.05, 3.63) is 24.3 Å². The van der Waals surface area contributed by atoms with Crippen LogP contribution in [0, 0.1) is 5.92 Å². The summed E-state index contributed by atoms with van der Waals surface area (Å²) < 4.78 is 4.97. The molecular formula is C13H22O2. The van der Waals surface area contributed by atoms with Crippen LogP contribution in [0.2, 0.25) is 0 Å². The van der Waals surface area contributed by atoms with E-state index in [1.54, 1.807) is 0 Å². The molecule has 0 bridgehead atoms. The summed E-state index contributed by atoms with van der Waals surface area (Å²) in [6.07, 6.45) is 10.5. The Labute approximate surface area is 93.0 Å². The quantitative estimate of drug-likeness (QED) is 0.365. The third-order valence-electron chi connectivity index (χ3n) is 2.15. The molecule has 0 aromatic heterocycles. The summed E-state index contributed by atoms with van der Waals surface area (Å²) in [6.45, 7) is 6.66. The first-order valence-electron chi connectivity index (χ1n) is 5.70. The van der Waals surface area contributed by atoms with Gasteiger partial charge in [0.15, 0.2) is 0 Å². The summed E-state index contributed by atoms with van der Waals surface area (Å²) in [5, 5.41) is 0. The van der Waals surface area contributed by atoms with Gasteiger partial charge in [-0.05, 0) is 12.3 Å². The monoisotopic (exact) mass is 210 g/mol. The predicted octanol–water partition coefficient (Wildman–Crippen LogP) is 3.49. The molecule has 0 N–H and O–H groups in total. The number of rotatable bonds is 7. The second-order valence-electron chi connectivity index (χ2n) is 3.63. The van der Waals surface area contributed by atoms with Crippen LogP contribution in [0.1, 0.15) is 40.0 Å². The topological polar surface area (TPSA) is 26.3 Å². The maximum absolute atomic E-state index is 11.2. The Morgan fingerprint density at radius 1 is 1.33 bits per heavy atom. The van der Waals surface area contributed by atoms with Crippen molar-refractivity contribution in [3.63, 3.8) is 0 Å². The molecule has 2 heteroatoms. The van der Waals surface area contributed by atoms with Crippen molar-refractivity contribution in [2.24, 2.45) is 5.92 Å². The molecule has 0 aromatic carbocycles. The molecule has 0 saturated carbocycles. The van der Waals surface area contributed by atoms with E-state index < -0.39 is 0 Å². The van der Waals surface area contributed by atoms with Crippen LogP contribution in [0.15, 0.2) is 24.3 Å². The number of esters is 1. The lowest BCUT2D eigenvalue weighted by molar-refractivity contribution is -0.136. The number of carbonyl (C=O) groups excluding carboxylic acids is 1. The Bertz CT molecular complexity index is 217. The lowest BCUT2D eigenvalue weighted by Crippen LogP contribution is -2.01. The smallest absolute Gasteiger partial charge is 0.330 e. The van der Waals surface area contributed by atoms with E-state index in [0.29, 0.717) is 12.5 Å². The number of hydrogen-bond acceptors (Lipinski definition) is 2. The summed E-state index contributed by atoms with van der Waals surface area (Å²) in [6, 6.07) is 0. The van der Waals surface area contributed by atoms with Gasteiger partial charge in [0, 0.05) is 6.08 Å². The zero-order chi connectivity index (χ0) is 11.5. The highest BCUT2D eigenvalue weighted by Crippen LogP contribution is 2.01. The standard InChI is InChI=1S/C13H22O2/c1-4-6-7-8-11-15-13(14)10-9-12(3)5-2/h7-10,12H,4-6,11H2,1-3H3. The summed E-state index contributed by atoms with van der Waals surface area (Å²) in [5.41, 5.74) is 0. The largest absolute Gasteiger partial charge is 0.458 e. The molecule has 0 aliphatic heterocycles. The molecule has 0 aromatic rings. The molecule has 0 spiro atoms. The molecule has 0 amide bonds. The van der Waals surface area contributed by atoms with Gasteiger partial charge in [0.05, 0.1) is 0 Å². The fourth-order valence-corrected chi connectivity index (χ4v) is 0.910. The van der Waals surface area contributed by atoms with E-state index in [1.807, 2.05) is 18.2 Å². The Balaban J connectivity index is 3.61. The highest BCUT2D eigenvalue weighted by Gasteiger charge is 1.96. The summed E-state index contributed by atoms with van der Waals surface area (Å²) in [5.74, 6) is 0.185. The second-order valence-corrected chi connectivity index (χ2v) is 3.63. The van der Waals surface area contributed by atoms with E-state index in [4.69, 9.17) is 4.74 Å². The number of unbranched alkanes of at least 4 members (excludes halogenated alkanes) is 1. The van der Waals surface area contributed by atoms with E-state index in [1.165, 1.54) is 6.08 Å². The summed E-state index contributed by atoms with van der Waals surface area (Å²) in [4.78, 5) is 11.2. The first-order chi connectivity index (χ1) is 7.20. The van der Waals surface area contributed by atoms with Crippen molar-refractivity contribution in [2.75, 3.05) is 6.61 Å². The molecule has 2 nitrogen and oxygen atoms in total. The molecule has 0 saturated heterocycles. The van der Waals surface area contributed by atoms with Gasteiger partial charge in [-0.1, -0.05) is 51.8 Å². The second kappa shape index (κ2) is 9.50. The van der Waals surface area contributed by atoms with Crippen molar-refractivity contribution in [2.45, 2.75) is 40.0 Å². The third kappa shape index (κ3) is 9.26. The zero-order valence-corrected chi connectivity index (χ0v) is 10.0. The fourth-order valence-electron chi connectivity index (χ4n) is 0.910. The molecule has 1 unspecified atom stereocenters. The molecule has 0 rings (SSSR count). The number of hydrogen-bond donors (Lipinski definition) is 0. The van der Waals surface area contributed by atoms with E-state index in [2.05, 4.69) is 20.8 Å². The maximum Gasteiger partial charge on any atom is 0.330 e. The van der Waals surface area contributed by atoms with Crippen molar-refractivity contribution < 1.29 is 9.53 Å². The Kier molecular flexibility index (Phi) is 8.84. The van der Waals surface area contributed by atoms with Gasteiger partial charge in [-0.2, -0.15) is 0 Å². The number of carbonyl (C=O) groups is 1. The van der Waals surface area contributed by atoms with E-state index in [9.17, 15) is 4.79 Å². The average Bonchev–Trinajstić information content (AvgIpc) is 2.25. The number of allylic oxidation sites excluding steroid dienone is 2. The van der Waals surface area contributed by atoms with Crippen LogP contribution in [-0.2, 0) is 9.53 Å². The van der Waals surface area contributed by atoms with Gasteiger partial charge in [0.25, 0.3) is 0 Å². The minimum absolute atomic E-state index is 0.253. The van der Waals surface area contributed by atoms with E-state index >= 15 is 0 Å². The van der Waals surface area contributed by atoms with Crippen LogP contribution in [0.25, 0.3) is 0 Å². The molecule has 0 radical (unpaired) electrons. The van der Waals surface area contributed by atoms with Gasteiger partial charge in [0.2, 0.25) is 0 Å². The highest BCUT2D eigenvalue weighted by atomic mass is 16.5. The van der Waals surface area contributed by atoms with Gasteiger partial charge in [0.1, 0.15) is 6.61 Å². The third-order valence-corrected chi connectivity index (χ3v) is 2.15. The predicted molar refractivity (Wildman–Crippen MR) is 63.6 cm³/mol. The van der Waals surface area contributed by atoms with Gasteiger partial charge in [-0.15, -0.1) is 0 Å². The number of ether oxygens (including phenoxy) is 1. The first-order valence-corrected chi connectivity index (χ1v) is 5.70. The van der Waals surface area contributed by atoms with Gasteiger partial charge in [-0.25, -0.2) is 4.79 Å². The van der Waals surface area contributed by atoms with E-state index in [0.717, 1.165) is 19.3 Å². The van der Waals surface area contributed by atoms with Crippen molar-refractivity contribution >= 4 is 5.97 Å². The Morgan fingerprint density at radius 2 is 2.07 bits per heavy atom. The van der Waals surface area contributed by atoms with Crippen LogP contribution < -0.4 is 0 Å². The molecule has 0 aliphatic rings. The molecular weight excluding hydrogens is 188 g/mol. The maximum atomic E-state index is 11.2. The van der Waals surface area contributed by atoms with Gasteiger partial charge in [-0.3, -0.25) is 0 Å². The van der Waals surface area contributed by atoms with Crippen LogP contribution in [-0.4, -0.2) is 12.6 Å². The average molecular weight is 210 g/mol. The normalized spacial score (nSPS) is 13.5. The summed E-state index contributed by atoms with van der Waals surface area (Å²) in [7, 11) is 0. The SMILES string of the molecule is CCCC=CCOC(=O)C=CC(C)CC. The first kappa shape index (κ1) is 13.9. The van der Waals surface area contributed by atoms with E-state index in [-0.39, 0.29) is 5.97 Å². The fraction of sp³-hybridized carbons (Fsp3) is 0.615. The van der Waals surface area contributed by atoms with Crippen molar-refractivity contribution in [1.29, 1.82) is 0 Å². The molecule has 0 heterocycles. The summed E-state index contributed by atoms with van der Waals surface area (Å²) >= 11 is 0. The lowest BCUT2D eigenvalue weighted by Gasteiger charge is -1.99. The minimum Gasteiger partial charge on any atom is -0.458 e. The molecule has 0 fully saturated rings. The zero-order valence-electron chi connectivity index (χ0n) is 10.0. The molecule has 1 atom stereocenters. The van der Waals surface area contributed by atoms with Crippen LogP contribution >= 0.6 is 0 Å². The lowest BCUT2D eigenvalue weighted by atomic mass is 10.1. The minimum atomic E-state index is -0.253. The Morgan fingerprint density at radius 3 is 2.67 bits per heavy atom. The van der Waals surface area contributed by atoms with Gasteiger partial charge >= 0.3 is 5.97 Å². The van der Waals surface area contributed by atoms with Crippen LogP contribution in [0.4, 0.5) is 0 Å². The van der Waals surface area contributed by atoms with Gasteiger partial charge < -0.3 is 4.74 Å². The van der Waals surface area contributed by atoms with Crippen molar-refractivity contribution in [1.82, 2.24) is 0 Å². The highest BCUT2D eigenvalue weighted by molar-refractivity contribution is 5.81.